The Labute approximate surface area is 126 Å². The van der Waals surface area contributed by atoms with E-state index in [2.05, 4.69) is 26.6 Å². The number of benzene rings is 1. The van der Waals surface area contributed by atoms with Gasteiger partial charge in [-0.25, -0.2) is 4.39 Å². The number of carbonyl (C=O) groups is 2. The van der Waals surface area contributed by atoms with Crippen molar-refractivity contribution in [1.29, 1.82) is 0 Å². The van der Waals surface area contributed by atoms with Gasteiger partial charge in [0.2, 0.25) is 5.91 Å². The Kier molecular flexibility index (Phi) is 6.13. The molecule has 2 N–H and O–H groups in total. The number of halogens is 2. The van der Waals surface area contributed by atoms with Crippen molar-refractivity contribution in [1.82, 2.24) is 10.6 Å². The van der Waals surface area contributed by atoms with Gasteiger partial charge < -0.3 is 10.6 Å². The molecule has 0 spiro atoms. The molecule has 0 saturated carbocycles. The summed E-state index contributed by atoms with van der Waals surface area (Å²) in [6.45, 7) is 3.89. The van der Waals surface area contributed by atoms with Crippen molar-refractivity contribution in [3.63, 3.8) is 0 Å². The van der Waals surface area contributed by atoms with Crippen LogP contribution in [0.2, 0.25) is 0 Å². The zero-order chi connectivity index (χ0) is 15.3. The van der Waals surface area contributed by atoms with Gasteiger partial charge in [-0.1, -0.05) is 19.9 Å². The second kappa shape index (κ2) is 7.38. The first-order chi connectivity index (χ1) is 9.36. The fourth-order valence-electron chi connectivity index (χ4n) is 1.82. The van der Waals surface area contributed by atoms with Gasteiger partial charge >= 0.3 is 0 Å². The Hall–Kier alpha value is -1.43. The monoisotopic (exact) mass is 344 g/mol. The summed E-state index contributed by atoms with van der Waals surface area (Å²) in [5.41, 5.74) is -0.0924. The van der Waals surface area contributed by atoms with Crippen LogP contribution >= 0.6 is 15.9 Å². The molecule has 4 nitrogen and oxygen atoms in total. The molecule has 20 heavy (non-hydrogen) atoms. The molecule has 0 heterocycles. The molecule has 1 aromatic rings. The van der Waals surface area contributed by atoms with E-state index in [0.29, 0.717) is 10.9 Å². The maximum atomic E-state index is 13.7. The zero-order valence-electron chi connectivity index (χ0n) is 11.7. The Morgan fingerprint density at radius 1 is 1.35 bits per heavy atom. The van der Waals surface area contributed by atoms with Crippen molar-refractivity contribution in [3.05, 3.63) is 34.1 Å². The summed E-state index contributed by atoms with van der Waals surface area (Å²) in [7, 11) is 1.50. The molecular weight excluding hydrogens is 327 g/mol. The number of likely N-dealkylation sites (N-methyl/N-ethyl adjacent to an activating group) is 1. The second-order valence-electron chi connectivity index (χ2n) is 4.87. The molecule has 1 atom stereocenters. The van der Waals surface area contributed by atoms with E-state index < -0.39 is 17.8 Å². The molecule has 6 heteroatoms. The van der Waals surface area contributed by atoms with Gasteiger partial charge in [0.15, 0.2) is 0 Å². The average Bonchev–Trinajstić information content (AvgIpc) is 2.36. The fourth-order valence-corrected chi connectivity index (χ4v) is 2.34. The van der Waals surface area contributed by atoms with Gasteiger partial charge in [0.25, 0.3) is 5.91 Å². The molecule has 0 bridgehead atoms. The van der Waals surface area contributed by atoms with Crippen LogP contribution in [-0.4, -0.2) is 24.9 Å². The standard InChI is InChI=1S/C14H18BrFN2O2/c1-8(2)7-11(13(19)17-3)18-14(20)12-9(15)5-4-6-10(12)16/h4-6,8,11H,7H2,1-3H3,(H,17,19)(H,18,20). The maximum Gasteiger partial charge on any atom is 0.256 e. The summed E-state index contributed by atoms with van der Waals surface area (Å²) in [4.78, 5) is 23.9. The minimum atomic E-state index is -0.681. The van der Waals surface area contributed by atoms with Crippen LogP contribution in [0.5, 0.6) is 0 Å². The topological polar surface area (TPSA) is 58.2 Å². The molecule has 110 valence electrons. The Morgan fingerprint density at radius 3 is 2.50 bits per heavy atom. The van der Waals surface area contributed by atoms with Crippen molar-refractivity contribution in [2.24, 2.45) is 5.92 Å². The van der Waals surface area contributed by atoms with Gasteiger partial charge in [0.05, 0.1) is 5.56 Å². The molecule has 1 unspecified atom stereocenters. The van der Waals surface area contributed by atoms with Crippen LogP contribution < -0.4 is 10.6 Å². The number of nitrogens with one attached hydrogen (secondary N) is 2. The predicted molar refractivity (Wildman–Crippen MR) is 78.9 cm³/mol. The molecule has 1 aromatic carbocycles. The van der Waals surface area contributed by atoms with E-state index in [-0.39, 0.29) is 17.4 Å². The summed E-state index contributed by atoms with van der Waals surface area (Å²) < 4.78 is 14.1. The third-order valence-corrected chi connectivity index (χ3v) is 3.43. The zero-order valence-corrected chi connectivity index (χ0v) is 13.3. The lowest BCUT2D eigenvalue weighted by molar-refractivity contribution is -0.122. The van der Waals surface area contributed by atoms with Gasteiger partial charge in [-0.15, -0.1) is 0 Å². The van der Waals surface area contributed by atoms with E-state index in [1.54, 1.807) is 6.07 Å². The van der Waals surface area contributed by atoms with Crippen molar-refractivity contribution in [2.45, 2.75) is 26.3 Å². The fraction of sp³-hybridized carbons (Fsp3) is 0.429. The smallest absolute Gasteiger partial charge is 0.256 e. The Balaban J connectivity index is 2.93. The van der Waals surface area contributed by atoms with Gasteiger partial charge in [0.1, 0.15) is 11.9 Å². The third-order valence-electron chi connectivity index (χ3n) is 2.77. The molecule has 0 aliphatic carbocycles. The molecular formula is C14H18BrFN2O2. The lowest BCUT2D eigenvalue weighted by Crippen LogP contribution is -2.46. The van der Waals surface area contributed by atoms with Gasteiger partial charge in [-0.3, -0.25) is 9.59 Å². The number of amides is 2. The van der Waals surface area contributed by atoms with Crippen molar-refractivity contribution < 1.29 is 14.0 Å². The first-order valence-electron chi connectivity index (χ1n) is 6.33. The first kappa shape index (κ1) is 16.6. The lowest BCUT2D eigenvalue weighted by Gasteiger charge is -2.19. The number of hydrogen-bond acceptors (Lipinski definition) is 2. The highest BCUT2D eigenvalue weighted by atomic mass is 79.9. The van der Waals surface area contributed by atoms with Gasteiger partial charge in [0, 0.05) is 11.5 Å². The highest BCUT2D eigenvalue weighted by molar-refractivity contribution is 9.10. The normalized spacial score (nSPS) is 12.1. The average molecular weight is 345 g/mol. The van der Waals surface area contributed by atoms with Crippen molar-refractivity contribution in [2.75, 3.05) is 7.05 Å². The molecule has 2 amide bonds. The van der Waals surface area contributed by atoms with Crippen molar-refractivity contribution >= 4 is 27.7 Å². The minimum absolute atomic E-state index is 0.0924. The van der Waals surface area contributed by atoms with E-state index >= 15 is 0 Å². The molecule has 0 aliphatic rings. The molecule has 0 radical (unpaired) electrons. The predicted octanol–water partition coefficient (Wildman–Crippen LogP) is 2.48. The summed E-state index contributed by atoms with van der Waals surface area (Å²) in [5.74, 6) is -1.30. The van der Waals surface area contributed by atoms with Crippen LogP contribution in [0.15, 0.2) is 22.7 Å². The maximum absolute atomic E-state index is 13.7. The van der Waals surface area contributed by atoms with Crippen LogP contribution in [-0.2, 0) is 4.79 Å². The van der Waals surface area contributed by atoms with Crippen LogP contribution in [0.3, 0.4) is 0 Å². The third kappa shape index (κ3) is 4.30. The van der Waals surface area contributed by atoms with Crippen LogP contribution in [0.1, 0.15) is 30.6 Å². The summed E-state index contributed by atoms with van der Waals surface area (Å²) in [6, 6.07) is 3.60. The SMILES string of the molecule is CNC(=O)C(CC(C)C)NC(=O)c1c(F)cccc1Br. The quantitative estimate of drug-likeness (QED) is 0.861. The van der Waals surface area contributed by atoms with Gasteiger partial charge in [-0.05, 0) is 40.4 Å². The number of rotatable bonds is 5. The lowest BCUT2D eigenvalue weighted by atomic mass is 10.0. The van der Waals surface area contributed by atoms with E-state index in [9.17, 15) is 14.0 Å². The molecule has 0 aromatic heterocycles. The highest BCUT2D eigenvalue weighted by Gasteiger charge is 2.24. The Morgan fingerprint density at radius 2 is 2.00 bits per heavy atom. The minimum Gasteiger partial charge on any atom is -0.357 e. The summed E-state index contributed by atoms with van der Waals surface area (Å²) in [6.07, 6.45) is 0.484. The molecule has 0 fully saturated rings. The molecule has 0 aliphatic heterocycles. The molecule has 1 rings (SSSR count). The molecule has 0 saturated heterocycles. The van der Waals surface area contributed by atoms with Crippen molar-refractivity contribution in [3.8, 4) is 0 Å². The highest BCUT2D eigenvalue weighted by Crippen LogP contribution is 2.20. The van der Waals surface area contributed by atoms with Gasteiger partial charge in [-0.2, -0.15) is 0 Å². The summed E-state index contributed by atoms with van der Waals surface area (Å²) >= 11 is 3.14. The largest absolute Gasteiger partial charge is 0.357 e. The van der Waals surface area contributed by atoms with E-state index in [4.69, 9.17) is 0 Å². The Bertz CT molecular complexity index is 486. The van der Waals surface area contributed by atoms with Crippen LogP contribution in [0.25, 0.3) is 0 Å². The second-order valence-corrected chi connectivity index (χ2v) is 5.72. The van der Waals surface area contributed by atoms with E-state index in [0.717, 1.165) is 0 Å². The number of carbonyl (C=O) groups excluding carboxylic acids is 2. The van der Waals surface area contributed by atoms with Crippen LogP contribution in [0.4, 0.5) is 4.39 Å². The summed E-state index contributed by atoms with van der Waals surface area (Å²) in [5, 5.41) is 5.07. The van der Waals surface area contributed by atoms with E-state index in [1.807, 2.05) is 13.8 Å². The van der Waals surface area contributed by atoms with E-state index in [1.165, 1.54) is 19.2 Å². The number of hydrogen-bond donors (Lipinski definition) is 2. The first-order valence-corrected chi connectivity index (χ1v) is 7.12. The van der Waals surface area contributed by atoms with Crippen LogP contribution in [0, 0.1) is 11.7 Å².